The molecule has 1 N–H and O–H groups in total. The number of carbonyl (C=O) groups excluding carboxylic acids is 1. The molecular formula is C18H23N3O2. The molecule has 1 amide bonds. The minimum atomic E-state index is 0.103. The monoisotopic (exact) mass is 313 g/mol. The van der Waals surface area contributed by atoms with E-state index in [1.807, 2.05) is 41.2 Å². The Kier molecular flexibility index (Phi) is 5.42. The molecule has 1 saturated heterocycles. The van der Waals surface area contributed by atoms with Gasteiger partial charge in [0.25, 0.3) is 0 Å². The highest BCUT2D eigenvalue weighted by molar-refractivity contribution is 5.76. The number of carbonyl (C=O) groups is 1. The van der Waals surface area contributed by atoms with Crippen LogP contribution in [0.4, 0.5) is 0 Å². The number of aromatic nitrogens is 2. The van der Waals surface area contributed by atoms with E-state index in [-0.39, 0.29) is 5.91 Å². The zero-order valence-corrected chi connectivity index (χ0v) is 13.3. The largest absolute Gasteiger partial charge is 0.381 e. The van der Waals surface area contributed by atoms with Crippen molar-refractivity contribution in [2.24, 2.45) is 5.92 Å². The lowest BCUT2D eigenvalue weighted by atomic mass is 9.97. The second-order valence-corrected chi connectivity index (χ2v) is 5.98. The third-order valence-corrected chi connectivity index (χ3v) is 4.25. The Balaban J connectivity index is 1.51. The maximum absolute atomic E-state index is 12.1. The summed E-state index contributed by atoms with van der Waals surface area (Å²) in [5, 5.41) is 7.28. The molecule has 1 unspecified atom stereocenters. The number of para-hydroxylation sites is 1. The van der Waals surface area contributed by atoms with Crippen LogP contribution in [-0.4, -0.2) is 28.9 Å². The Bertz CT molecular complexity index is 619. The van der Waals surface area contributed by atoms with E-state index in [1.165, 1.54) is 6.42 Å². The molecule has 1 fully saturated rings. The van der Waals surface area contributed by atoms with Gasteiger partial charge < -0.3 is 10.1 Å². The number of nitrogens with zero attached hydrogens (tertiary/aromatic N) is 2. The van der Waals surface area contributed by atoms with Crippen LogP contribution in [-0.2, 0) is 16.1 Å². The molecule has 5 heteroatoms. The van der Waals surface area contributed by atoms with Crippen molar-refractivity contribution in [3.05, 3.63) is 48.3 Å². The number of hydrogen-bond donors (Lipinski definition) is 1. The third kappa shape index (κ3) is 4.42. The molecule has 1 aromatic heterocycles. The zero-order valence-electron chi connectivity index (χ0n) is 13.3. The molecule has 2 aromatic rings. The molecule has 0 bridgehead atoms. The number of ether oxygens (including phenoxy) is 1. The first-order valence-corrected chi connectivity index (χ1v) is 8.25. The quantitative estimate of drug-likeness (QED) is 0.892. The van der Waals surface area contributed by atoms with Crippen LogP contribution in [0.3, 0.4) is 0 Å². The fourth-order valence-electron chi connectivity index (χ4n) is 2.95. The summed E-state index contributed by atoms with van der Waals surface area (Å²) in [5.41, 5.74) is 2.06. The van der Waals surface area contributed by atoms with E-state index in [0.29, 0.717) is 18.9 Å². The maximum atomic E-state index is 12.1. The Morgan fingerprint density at radius 2 is 2.26 bits per heavy atom. The summed E-state index contributed by atoms with van der Waals surface area (Å²) < 4.78 is 7.28. The normalized spacial score (nSPS) is 17.8. The van der Waals surface area contributed by atoms with Crippen LogP contribution >= 0.6 is 0 Å². The summed E-state index contributed by atoms with van der Waals surface area (Å²) in [7, 11) is 0. The van der Waals surface area contributed by atoms with Crippen molar-refractivity contribution < 1.29 is 9.53 Å². The van der Waals surface area contributed by atoms with Gasteiger partial charge in [-0.15, -0.1) is 0 Å². The molecule has 0 saturated carbocycles. The molecule has 122 valence electrons. The first kappa shape index (κ1) is 15.7. The van der Waals surface area contributed by atoms with Crippen LogP contribution in [0.15, 0.2) is 42.7 Å². The van der Waals surface area contributed by atoms with Crippen molar-refractivity contribution in [3.63, 3.8) is 0 Å². The standard InChI is InChI=1S/C18H23N3O2/c22-18(9-8-15-5-3-12-23-14-15)19-13-16-6-1-2-7-17(16)21-11-4-10-20-21/h1-2,4,6-7,10-11,15H,3,5,8-9,12-14H2,(H,19,22). The summed E-state index contributed by atoms with van der Waals surface area (Å²) >= 11 is 0. The van der Waals surface area contributed by atoms with Gasteiger partial charge in [0.05, 0.1) is 5.69 Å². The zero-order chi connectivity index (χ0) is 15.9. The highest BCUT2D eigenvalue weighted by atomic mass is 16.5. The number of amides is 1. The van der Waals surface area contributed by atoms with Crippen molar-refractivity contribution in [1.82, 2.24) is 15.1 Å². The predicted molar refractivity (Wildman–Crippen MR) is 88.2 cm³/mol. The average Bonchev–Trinajstić information content (AvgIpc) is 3.14. The SMILES string of the molecule is O=C(CCC1CCCOC1)NCc1ccccc1-n1cccn1. The van der Waals surface area contributed by atoms with Crippen molar-refractivity contribution in [2.45, 2.75) is 32.2 Å². The molecule has 23 heavy (non-hydrogen) atoms. The minimum absolute atomic E-state index is 0.103. The van der Waals surface area contributed by atoms with E-state index in [9.17, 15) is 4.79 Å². The summed E-state index contributed by atoms with van der Waals surface area (Å²) in [5.74, 6) is 0.636. The van der Waals surface area contributed by atoms with Crippen molar-refractivity contribution in [2.75, 3.05) is 13.2 Å². The van der Waals surface area contributed by atoms with E-state index < -0.39 is 0 Å². The van der Waals surface area contributed by atoms with E-state index in [0.717, 1.165) is 37.3 Å². The van der Waals surface area contributed by atoms with Crippen LogP contribution in [0.1, 0.15) is 31.2 Å². The lowest BCUT2D eigenvalue weighted by Crippen LogP contribution is -2.25. The highest BCUT2D eigenvalue weighted by Gasteiger charge is 2.15. The van der Waals surface area contributed by atoms with Gasteiger partial charge in [0, 0.05) is 38.6 Å². The van der Waals surface area contributed by atoms with Gasteiger partial charge >= 0.3 is 0 Å². The fourth-order valence-corrected chi connectivity index (χ4v) is 2.95. The van der Waals surface area contributed by atoms with Gasteiger partial charge in [0.2, 0.25) is 5.91 Å². The Morgan fingerprint density at radius 1 is 1.35 bits per heavy atom. The van der Waals surface area contributed by atoms with Gasteiger partial charge in [0.15, 0.2) is 0 Å². The van der Waals surface area contributed by atoms with Gasteiger partial charge in [0.1, 0.15) is 0 Å². The molecule has 2 heterocycles. The number of rotatable bonds is 6. The molecule has 5 nitrogen and oxygen atoms in total. The Morgan fingerprint density at radius 3 is 3.04 bits per heavy atom. The summed E-state index contributed by atoms with van der Waals surface area (Å²) in [6, 6.07) is 9.88. The Hall–Kier alpha value is -2.14. The first-order valence-electron chi connectivity index (χ1n) is 8.25. The maximum Gasteiger partial charge on any atom is 0.220 e. The number of benzene rings is 1. The fraction of sp³-hybridized carbons (Fsp3) is 0.444. The molecule has 1 aromatic carbocycles. The van der Waals surface area contributed by atoms with Crippen molar-refractivity contribution >= 4 is 5.91 Å². The van der Waals surface area contributed by atoms with Gasteiger partial charge in [-0.3, -0.25) is 4.79 Å². The number of hydrogen-bond acceptors (Lipinski definition) is 3. The second-order valence-electron chi connectivity index (χ2n) is 5.98. The molecule has 0 spiro atoms. The van der Waals surface area contributed by atoms with Crippen LogP contribution < -0.4 is 5.32 Å². The summed E-state index contributed by atoms with van der Waals surface area (Å²) in [6.45, 7) is 2.19. The van der Waals surface area contributed by atoms with E-state index in [1.54, 1.807) is 6.20 Å². The van der Waals surface area contributed by atoms with Crippen LogP contribution in [0.25, 0.3) is 5.69 Å². The first-order chi connectivity index (χ1) is 11.3. The third-order valence-electron chi connectivity index (χ3n) is 4.25. The van der Waals surface area contributed by atoms with Gasteiger partial charge in [-0.25, -0.2) is 4.68 Å². The van der Waals surface area contributed by atoms with E-state index >= 15 is 0 Å². The minimum Gasteiger partial charge on any atom is -0.381 e. The lowest BCUT2D eigenvalue weighted by Gasteiger charge is -2.21. The smallest absolute Gasteiger partial charge is 0.220 e. The highest BCUT2D eigenvalue weighted by Crippen LogP contribution is 2.18. The Labute approximate surface area is 136 Å². The van der Waals surface area contributed by atoms with Crippen molar-refractivity contribution in [3.8, 4) is 5.69 Å². The topological polar surface area (TPSA) is 56.1 Å². The summed E-state index contributed by atoms with van der Waals surface area (Å²) in [6.07, 6.45) is 7.43. The molecule has 0 aliphatic carbocycles. The molecule has 1 aliphatic rings. The van der Waals surface area contributed by atoms with Crippen LogP contribution in [0.5, 0.6) is 0 Å². The summed E-state index contributed by atoms with van der Waals surface area (Å²) in [4.78, 5) is 12.1. The predicted octanol–water partition coefficient (Wildman–Crippen LogP) is 2.70. The van der Waals surface area contributed by atoms with Crippen LogP contribution in [0, 0.1) is 5.92 Å². The number of nitrogens with one attached hydrogen (secondary N) is 1. The van der Waals surface area contributed by atoms with E-state index in [2.05, 4.69) is 10.4 Å². The molecule has 1 aliphatic heterocycles. The van der Waals surface area contributed by atoms with Gasteiger partial charge in [-0.05, 0) is 42.9 Å². The van der Waals surface area contributed by atoms with E-state index in [4.69, 9.17) is 4.74 Å². The van der Waals surface area contributed by atoms with Crippen molar-refractivity contribution in [1.29, 1.82) is 0 Å². The molecule has 1 atom stereocenters. The van der Waals surface area contributed by atoms with Crippen LogP contribution in [0.2, 0.25) is 0 Å². The lowest BCUT2D eigenvalue weighted by molar-refractivity contribution is -0.121. The molecular weight excluding hydrogens is 290 g/mol. The average molecular weight is 313 g/mol. The molecule has 0 radical (unpaired) electrons. The second kappa shape index (κ2) is 7.92. The van der Waals surface area contributed by atoms with Gasteiger partial charge in [-0.1, -0.05) is 18.2 Å². The molecule has 3 rings (SSSR count). The van der Waals surface area contributed by atoms with Gasteiger partial charge in [-0.2, -0.15) is 5.10 Å².